The summed E-state index contributed by atoms with van der Waals surface area (Å²) in [6.07, 6.45) is 7.33. The van der Waals surface area contributed by atoms with Crippen molar-refractivity contribution in [2.24, 2.45) is 11.8 Å². The van der Waals surface area contributed by atoms with Crippen LogP contribution in [0.5, 0.6) is 5.75 Å². The van der Waals surface area contributed by atoms with E-state index < -0.39 is 0 Å². The van der Waals surface area contributed by atoms with Crippen LogP contribution in [-0.2, 0) is 6.42 Å². The fourth-order valence-corrected chi connectivity index (χ4v) is 5.12. The predicted octanol–water partition coefficient (Wildman–Crippen LogP) is 5.28. The summed E-state index contributed by atoms with van der Waals surface area (Å²) in [5, 5.41) is 3.03. The molecule has 32 heavy (non-hydrogen) atoms. The average molecular weight is 436 g/mol. The lowest BCUT2D eigenvalue weighted by Gasteiger charge is -2.36. The second kappa shape index (κ2) is 11.4. The number of carbonyl (C=O) groups is 1. The highest BCUT2D eigenvalue weighted by molar-refractivity contribution is 5.89. The van der Waals surface area contributed by atoms with Crippen LogP contribution in [0.3, 0.4) is 0 Å². The number of amides is 2. The van der Waals surface area contributed by atoms with E-state index in [1.54, 1.807) is 7.11 Å². The number of carbonyl (C=O) groups excluding carboxylic acids is 1. The lowest BCUT2D eigenvalue weighted by molar-refractivity contribution is 0.145. The van der Waals surface area contributed by atoms with Crippen LogP contribution >= 0.6 is 0 Å². The molecule has 2 heterocycles. The van der Waals surface area contributed by atoms with Gasteiger partial charge in [0.05, 0.1) is 7.11 Å². The highest BCUT2D eigenvalue weighted by atomic mass is 16.5. The van der Waals surface area contributed by atoms with Gasteiger partial charge in [0.2, 0.25) is 0 Å². The number of nitrogens with zero attached hydrogens (tertiary/aromatic N) is 2. The van der Waals surface area contributed by atoms with Gasteiger partial charge in [0.25, 0.3) is 0 Å². The van der Waals surface area contributed by atoms with Gasteiger partial charge < -0.3 is 19.9 Å². The summed E-state index contributed by atoms with van der Waals surface area (Å²) in [7, 11) is 1.64. The number of nitrogens with one attached hydrogen (secondary N) is 1. The Labute approximate surface area is 192 Å². The zero-order valence-corrected chi connectivity index (χ0v) is 19.3. The van der Waals surface area contributed by atoms with Crippen LogP contribution in [0.2, 0.25) is 0 Å². The number of benzene rings is 2. The minimum absolute atomic E-state index is 0.00433. The van der Waals surface area contributed by atoms with E-state index in [-0.39, 0.29) is 6.03 Å². The molecule has 1 unspecified atom stereocenters. The molecule has 2 aromatic carbocycles. The minimum atomic E-state index is 0.00433. The molecule has 2 aromatic rings. The van der Waals surface area contributed by atoms with E-state index in [9.17, 15) is 4.79 Å². The number of methoxy groups -OCH3 is 1. The number of rotatable bonds is 7. The standard InChI is InChI=1S/C27H37N3O2/c1-32-26-11-5-10-25(20-26)28-27(31)30-15-6-9-24(21-30)14-18-29-16-12-23(13-17-29)19-22-7-3-2-4-8-22/h2-5,7-8,10-11,20,23-24H,6,9,12-19,21H2,1H3,(H,28,31). The minimum Gasteiger partial charge on any atom is -0.497 e. The van der Waals surface area contributed by atoms with Crippen LogP contribution < -0.4 is 10.1 Å². The zero-order chi connectivity index (χ0) is 22.2. The maximum Gasteiger partial charge on any atom is 0.321 e. The topological polar surface area (TPSA) is 44.8 Å². The van der Waals surface area contributed by atoms with Crippen molar-refractivity contribution in [1.82, 2.24) is 9.80 Å². The van der Waals surface area contributed by atoms with Crippen LogP contribution in [0.1, 0.15) is 37.7 Å². The van der Waals surface area contributed by atoms with Crippen LogP contribution in [-0.4, -0.2) is 55.7 Å². The first kappa shape index (κ1) is 22.7. The molecular formula is C27H37N3O2. The van der Waals surface area contributed by atoms with E-state index in [2.05, 4.69) is 40.5 Å². The second-order valence-electron chi connectivity index (χ2n) is 9.38. The lowest BCUT2D eigenvalue weighted by Crippen LogP contribution is -2.43. The number of likely N-dealkylation sites (tertiary alicyclic amines) is 2. The fourth-order valence-electron chi connectivity index (χ4n) is 5.12. The zero-order valence-electron chi connectivity index (χ0n) is 19.3. The van der Waals surface area contributed by atoms with Gasteiger partial charge >= 0.3 is 6.03 Å². The Kier molecular flexibility index (Phi) is 8.05. The maximum atomic E-state index is 12.8. The number of hydrogen-bond acceptors (Lipinski definition) is 3. The van der Waals surface area contributed by atoms with Gasteiger partial charge in [-0.15, -0.1) is 0 Å². The van der Waals surface area contributed by atoms with Gasteiger partial charge in [-0.1, -0.05) is 36.4 Å². The number of urea groups is 1. The van der Waals surface area contributed by atoms with Crippen molar-refractivity contribution in [1.29, 1.82) is 0 Å². The lowest BCUT2D eigenvalue weighted by atomic mass is 9.89. The first-order valence-electron chi connectivity index (χ1n) is 12.2. The van der Waals surface area contributed by atoms with E-state index in [1.807, 2.05) is 29.2 Å². The van der Waals surface area contributed by atoms with Gasteiger partial charge in [0, 0.05) is 24.8 Å². The molecule has 172 valence electrons. The number of piperidine rings is 2. The van der Waals surface area contributed by atoms with Crippen molar-refractivity contribution in [2.45, 2.75) is 38.5 Å². The van der Waals surface area contributed by atoms with Crippen LogP contribution in [0, 0.1) is 11.8 Å². The second-order valence-corrected chi connectivity index (χ2v) is 9.38. The smallest absolute Gasteiger partial charge is 0.321 e. The molecule has 4 rings (SSSR count). The Balaban J connectivity index is 1.18. The third kappa shape index (κ3) is 6.49. The average Bonchev–Trinajstić information content (AvgIpc) is 2.84. The highest BCUT2D eigenvalue weighted by Gasteiger charge is 2.25. The van der Waals surface area contributed by atoms with Gasteiger partial charge in [-0.25, -0.2) is 4.79 Å². The molecule has 2 amide bonds. The molecule has 1 N–H and O–H groups in total. The van der Waals surface area contributed by atoms with Crippen LogP contribution in [0.15, 0.2) is 54.6 Å². The van der Waals surface area contributed by atoms with Gasteiger partial charge in [-0.2, -0.15) is 0 Å². The quantitative estimate of drug-likeness (QED) is 0.643. The van der Waals surface area contributed by atoms with E-state index in [0.29, 0.717) is 5.92 Å². The third-order valence-corrected chi connectivity index (χ3v) is 7.06. The molecule has 5 heteroatoms. The first-order chi connectivity index (χ1) is 15.7. The van der Waals surface area contributed by atoms with Crippen molar-refractivity contribution in [3.8, 4) is 5.75 Å². The summed E-state index contributed by atoms with van der Waals surface area (Å²) in [5.74, 6) is 2.17. The summed E-state index contributed by atoms with van der Waals surface area (Å²) >= 11 is 0. The van der Waals surface area contributed by atoms with E-state index in [1.165, 1.54) is 50.8 Å². The molecular weight excluding hydrogens is 398 g/mol. The molecule has 2 aliphatic heterocycles. The van der Waals surface area contributed by atoms with Crippen molar-refractivity contribution < 1.29 is 9.53 Å². The summed E-state index contributed by atoms with van der Waals surface area (Å²) in [6, 6.07) is 18.5. The SMILES string of the molecule is COc1cccc(NC(=O)N2CCCC(CCN3CCC(Cc4ccccc4)CC3)C2)c1. The molecule has 0 spiro atoms. The molecule has 0 aliphatic carbocycles. The molecule has 0 saturated carbocycles. The number of anilines is 1. The first-order valence-corrected chi connectivity index (χ1v) is 12.2. The van der Waals surface area contributed by atoms with Gasteiger partial charge in [-0.3, -0.25) is 0 Å². The highest BCUT2D eigenvalue weighted by Crippen LogP contribution is 2.25. The molecule has 0 aromatic heterocycles. The molecule has 2 fully saturated rings. The van der Waals surface area contributed by atoms with E-state index >= 15 is 0 Å². The van der Waals surface area contributed by atoms with Crippen LogP contribution in [0.4, 0.5) is 10.5 Å². The molecule has 5 nitrogen and oxygen atoms in total. The van der Waals surface area contributed by atoms with Gasteiger partial charge in [0.15, 0.2) is 0 Å². The van der Waals surface area contributed by atoms with Crippen molar-refractivity contribution in [3.63, 3.8) is 0 Å². The Hall–Kier alpha value is -2.53. The summed E-state index contributed by atoms with van der Waals surface area (Å²) in [6.45, 7) is 5.29. The van der Waals surface area contributed by atoms with Gasteiger partial charge in [0.1, 0.15) is 5.75 Å². The fraction of sp³-hybridized carbons (Fsp3) is 0.519. The summed E-state index contributed by atoms with van der Waals surface area (Å²) < 4.78 is 5.26. The molecule has 1 atom stereocenters. The summed E-state index contributed by atoms with van der Waals surface area (Å²) in [4.78, 5) is 17.4. The van der Waals surface area contributed by atoms with Crippen molar-refractivity contribution >= 4 is 11.7 Å². The maximum absolute atomic E-state index is 12.8. The Bertz CT molecular complexity index is 849. The van der Waals surface area contributed by atoms with Crippen LogP contribution in [0.25, 0.3) is 0 Å². The largest absolute Gasteiger partial charge is 0.497 e. The van der Waals surface area contributed by atoms with E-state index in [4.69, 9.17) is 4.74 Å². The number of hydrogen-bond donors (Lipinski definition) is 1. The summed E-state index contributed by atoms with van der Waals surface area (Å²) in [5.41, 5.74) is 2.26. The molecule has 0 bridgehead atoms. The Morgan fingerprint density at radius 2 is 1.81 bits per heavy atom. The van der Waals surface area contributed by atoms with Crippen molar-refractivity contribution in [3.05, 3.63) is 60.2 Å². The van der Waals surface area contributed by atoms with Crippen molar-refractivity contribution in [2.75, 3.05) is 45.2 Å². The van der Waals surface area contributed by atoms with E-state index in [0.717, 1.165) is 43.4 Å². The monoisotopic (exact) mass is 435 g/mol. The van der Waals surface area contributed by atoms with Gasteiger partial charge in [-0.05, 0) is 87.7 Å². The number of ether oxygens (including phenoxy) is 1. The Morgan fingerprint density at radius 1 is 1.00 bits per heavy atom. The molecule has 0 radical (unpaired) electrons. The molecule has 2 saturated heterocycles. The third-order valence-electron chi connectivity index (χ3n) is 7.06. The normalized spacial score (nSPS) is 20.2. The Morgan fingerprint density at radius 3 is 2.59 bits per heavy atom. The molecule has 2 aliphatic rings. The predicted molar refractivity (Wildman–Crippen MR) is 130 cm³/mol.